The van der Waals surface area contributed by atoms with Crippen molar-refractivity contribution in [1.82, 2.24) is 20.1 Å². The molecule has 1 saturated carbocycles. The van der Waals surface area contributed by atoms with E-state index in [1.54, 1.807) is 18.3 Å². The third-order valence-electron chi connectivity index (χ3n) is 9.70. The summed E-state index contributed by atoms with van der Waals surface area (Å²) < 4.78 is 54.8. The standard InChI is InChI=1S/C33H32F3N5O4/c34-33(35,36)24-14-18(3-4-19(24)16-40-12-13-41-11-1-2-20(41)17-40)32(43)39-29-28-23-15-21(5-7-25(23)45-30(28)29)44-26-9-10-37-31-22(26)6-8-27(42)38-31/h3-5,7,9-10,14-15,20,28-30H,1-2,6,8,11-13,16-17H2,(H,39,43)(H,37,38,42)/t20-,28+,29-,30+/m1/s1. The summed E-state index contributed by atoms with van der Waals surface area (Å²) in [6, 6.07) is 11.2. The zero-order chi connectivity index (χ0) is 30.9. The molecular weight excluding hydrogens is 587 g/mol. The Morgan fingerprint density at radius 1 is 1.11 bits per heavy atom. The van der Waals surface area contributed by atoms with Crippen LogP contribution in [0.5, 0.6) is 17.2 Å². The number of hydrogen-bond donors (Lipinski definition) is 2. The molecule has 0 spiro atoms. The molecule has 45 heavy (non-hydrogen) atoms. The van der Waals surface area contributed by atoms with Crippen LogP contribution in [0.2, 0.25) is 0 Å². The normalized spacial score (nSPS) is 25.4. The first-order valence-electron chi connectivity index (χ1n) is 15.4. The van der Waals surface area contributed by atoms with E-state index < -0.39 is 17.6 Å². The van der Waals surface area contributed by atoms with Gasteiger partial charge in [0.05, 0.1) is 17.5 Å². The van der Waals surface area contributed by atoms with E-state index in [4.69, 9.17) is 9.47 Å². The van der Waals surface area contributed by atoms with Crippen molar-refractivity contribution in [3.63, 3.8) is 0 Å². The van der Waals surface area contributed by atoms with Crippen LogP contribution in [0.25, 0.3) is 0 Å². The Morgan fingerprint density at radius 3 is 2.87 bits per heavy atom. The summed E-state index contributed by atoms with van der Waals surface area (Å²) >= 11 is 0. The number of carbonyl (C=O) groups excluding carboxylic acids is 2. The Balaban J connectivity index is 0.952. The predicted molar refractivity (Wildman–Crippen MR) is 157 cm³/mol. The molecule has 0 unspecified atom stereocenters. The lowest BCUT2D eigenvalue weighted by Gasteiger charge is -2.37. The molecule has 5 aliphatic rings. The van der Waals surface area contributed by atoms with Crippen molar-refractivity contribution < 1.29 is 32.2 Å². The summed E-state index contributed by atoms with van der Waals surface area (Å²) in [5.41, 5.74) is 1.10. The van der Waals surface area contributed by atoms with Crippen molar-refractivity contribution in [3.05, 3.63) is 76.5 Å². The van der Waals surface area contributed by atoms with Crippen LogP contribution in [-0.4, -0.2) is 71.0 Å². The minimum atomic E-state index is -4.57. The monoisotopic (exact) mass is 619 g/mol. The van der Waals surface area contributed by atoms with Gasteiger partial charge in [0.15, 0.2) is 0 Å². The van der Waals surface area contributed by atoms with Crippen molar-refractivity contribution in [2.24, 2.45) is 0 Å². The van der Waals surface area contributed by atoms with E-state index in [9.17, 15) is 22.8 Å². The molecule has 4 aliphatic heterocycles. The van der Waals surface area contributed by atoms with Crippen LogP contribution in [0.4, 0.5) is 19.0 Å². The summed E-state index contributed by atoms with van der Waals surface area (Å²) in [6.07, 6.45) is -0.200. The smallest absolute Gasteiger partial charge is 0.416 e. The maximum atomic E-state index is 14.2. The van der Waals surface area contributed by atoms with Crippen molar-refractivity contribution >= 4 is 17.6 Å². The van der Waals surface area contributed by atoms with Gasteiger partial charge in [0.25, 0.3) is 5.91 Å². The molecule has 1 aromatic heterocycles. The molecule has 12 heteroatoms. The highest BCUT2D eigenvalue weighted by Gasteiger charge is 2.59. The fourth-order valence-corrected chi connectivity index (χ4v) is 7.35. The molecule has 2 amide bonds. The van der Waals surface area contributed by atoms with E-state index in [-0.39, 0.29) is 41.6 Å². The van der Waals surface area contributed by atoms with Crippen molar-refractivity contribution in [2.45, 2.75) is 62.5 Å². The number of amides is 2. The maximum absolute atomic E-state index is 14.2. The van der Waals surface area contributed by atoms with Gasteiger partial charge >= 0.3 is 6.18 Å². The highest BCUT2D eigenvalue weighted by Crippen LogP contribution is 2.54. The summed E-state index contributed by atoms with van der Waals surface area (Å²) in [6.45, 7) is 3.65. The number of pyridine rings is 1. The molecular formula is C33H32F3N5O4. The summed E-state index contributed by atoms with van der Waals surface area (Å²) in [7, 11) is 0. The number of halogens is 3. The van der Waals surface area contributed by atoms with Gasteiger partial charge in [0.1, 0.15) is 29.2 Å². The Kier molecular flexibility index (Phi) is 6.75. The van der Waals surface area contributed by atoms with Gasteiger partial charge in [-0.3, -0.25) is 19.4 Å². The summed E-state index contributed by atoms with van der Waals surface area (Å²) in [4.78, 5) is 33.7. The van der Waals surface area contributed by atoms with Crippen LogP contribution >= 0.6 is 0 Å². The molecule has 8 rings (SSSR count). The number of hydrogen-bond acceptors (Lipinski definition) is 7. The first kappa shape index (κ1) is 28.3. The Hall–Kier alpha value is -4.16. The third-order valence-corrected chi connectivity index (χ3v) is 9.70. The highest BCUT2D eigenvalue weighted by atomic mass is 19.4. The van der Waals surface area contributed by atoms with E-state index in [0.717, 1.165) is 56.2 Å². The molecule has 0 bridgehead atoms. The number of nitrogens with zero attached hydrogens (tertiary/aromatic N) is 3. The fraction of sp³-hybridized carbons (Fsp3) is 0.424. The van der Waals surface area contributed by atoms with Crippen molar-refractivity contribution in [3.8, 4) is 17.2 Å². The minimum Gasteiger partial charge on any atom is -0.487 e. The lowest BCUT2D eigenvalue weighted by Crippen LogP contribution is -2.49. The highest BCUT2D eigenvalue weighted by molar-refractivity contribution is 5.95. The van der Waals surface area contributed by atoms with Gasteiger partial charge in [-0.05, 0) is 67.8 Å². The minimum absolute atomic E-state index is 0.0245. The number of aromatic nitrogens is 1. The zero-order valence-electron chi connectivity index (χ0n) is 24.4. The Morgan fingerprint density at radius 2 is 2.00 bits per heavy atom. The summed E-state index contributed by atoms with van der Waals surface area (Å²) in [5, 5.41) is 5.66. The second-order valence-electron chi connectivity index (χ2n) is 12.5. The second-order valence-corrected chi connectivity index (χ2v) is 12.5. The van der Waals surface area contributed by atoms with Gasteiger partial charge in [0, 0.05) is 61.5 Å². The van der Waals surface area contributed by atoms with Crippen LogP contribution in [0, 0.1) is 0 Å². The van der Waals surface area contributed by atoms with Gasteiger partial charge in [-0.15, -0.1) is 0 Å². The number of rotatable bonds is 6. The molecule has 2 saturated heterocycles. The van der Waals surface area contributed by atoms with E-state index >= 15 is 0 Å². The molecule has 2 aromatic carbocycles. The molecule has 4 atom stereocenters. The molecule has 3 aromatic rings. The van der Waals surface area contributed by atoms with Gasteiger partial charge in [-0.25, -0.2) is 4.98 Å². The largest absolute Gasteiger partial charge is 0.487 e. The molecule has 5 heterocycles. The van der Waals surface area contributed by atoms with Crippen molar-refractivity contribution in [2.75, 3.05) is 31.5 Å². The summed E-state index contributed by atoms with van der Waals surface area (Å²) in [5.74, 6) is 1.57. The van der Waals surface area contributed by atoms with E-state index in [1.807, 2.05) is 12.1 Å². The topological polar surface area (TPSA) is 96.0 Å². The van der Waals surface area contributed by atoms with Gasteiger partial charge in [-0.1, -0.05) is 6.07 Å². The lowest BCUT2D eigenvalue weighted by molar-refractivity contribution is -0.138. The molecule has 234 valence electrons. The fourth-order valence-electron chi connectivity index (χ4n) is 7.35. The van der Waals surface area contributed by atoms with E-state index in [0.29, 0.717) is 41.9 Å². The third kappa shape index (κ3) is 5.29. The number of anilines is 1. The van der Waals surface area contributed by atoms with Gasteiger partial charge in [-0.2, -0.15) is 13.2 Å². The lowest BCUT2D eigenvalue weighted by atomic mass is 10.0. The average molecular weight is 620 g/mol. The Labute approximate surface area is 257 Å². The number of carbonyl (C=O) groups is 2. The van der Waals surface area contributed by atoms with Crippen LogP contribution in [-0.2, 0) is 23.9 Å². The number of piperazine rings is 1. The predicted octanol–water partition coefficient (Wildman–Crippen LogP) is 4.71. The molecule has 1 aliphatic carbocycles. The van der Waals surface area contributed by atoms with Gasteiger partial charge < -0.3 is 20.1 Å². The number of nitrogens with one attached hydrogen (secondary N) is 2. The Bertz CT molecular complexity index is 1700. The van der Waals surface area contributed by atoms with Crippen LogP contribution < -0.4 is 20.1 Å². The van der Waals surface area contributed by atoms with Crippen LogP contribution in [0.15, 0.2) is 48.7 Å². The second kappa shape index (κ2) is 10.7. The quantitative estimate of drug-likeness (QED) is 0.413. The van der Waals surface area contributed by atoms with E-state index in [2.05, 4.69) is 25.4 Å². The molecule has 9 nitrogen and oxygen atoms in total. The number of alkyl halides is 3. The maximum Gasteiger partial charge on any atom is 0.416 e. The molecule has 3 fully saturated rings. The molecule has 0 radical (unpaired) electrons. The zero-order valence-corrected chi connectivity index (χ0v) is 24.4. The van der Waals surface area contributed by atoms with Crippen LogP contribution in [0.3, 0.4) is 0 Å². The number of benzene rings is 2. The number of fused-ring (bicyclic) bond motifs is 5. The molecule has 2 N–H and O–H groups in total. The van der Waals surface area contributed by atoms with Crippen molar-refractivity contribution in [1.29, 1.82) is 0 Å². The average Bonchev–Trinajstić information content (AvgIpc) is 3.31. The van der Waals surface area contributed by atoms with Gasteiger partial charge in [0.2, 0.25) is 5.91 Å². The SMILES string of the molecule is O=C1CCc2c(Oc3ccc4c(c3)[C@H]3[C@@H](NC(=O)c5ccc(CN6CCN7CCC[C@@H]7C6)c(C(F)(F)F)c5)[C@H]3O4)ccnc2N1. The number of ether oxygens (including phenoxy) is 2. The first-order valence-corrected chi connectivity index (χ1v) is 15.4. The van der Waals surface area contributed by atoms with Crippen LogP contribution in [0.1, 0.15) is 57.8 Å². The van der Waals surface area contributed by atoms with E-state index in [1.165, 1.54) is 12.1 Å². The first-order chi connectivity index (χ1) is 21.7.